The number of amides is 1. The zero-order valence-electron chi connectivity index (χ0n) is 19.3. The number of aromatic nitrogens is 2. The number of hydrogen-bond acceptors (Lipinski definition) is 7. The second kappa shape index (κ2) is 12.1. The molecule has 5 N–H and O–H groups in total. The molecule has 0 spiro atoms. The quantitative estimate of drug-likeness (QED) is 0.310. The average Bonchev–Trinajstić information content (AvgIpc) is 3.49. The normalized spacial score (nSPS) is 13.2. The molecule has 1 fully saturated rings. The highest BCUT2D eigenvalue weighted by Crippen LogP contribution is 2.35. The third-order valence-corrected chi connectivity index (χ3v) is 5.47. The second-order valence-electron chi connectivity index (χ2n) is 7.97. The summed E-state index contributed by atoms with van der Waals surface area (Å²) >= 11 is 0. The monoisotopic (exact) mass is 491 g/mol. The molecule has 3 heterocycles. The van der Waals surface area contributed by atoms with Crippen molar-refractivity contribution in [1.29, 1.82) is 5.26 Å². The van der Waals surface area contributed by atoms with Crippen LogP contribution in [-0.4, -0.2) is 74.2 Å². The van der Waals surface area contributed by atoms with Crippen molar-refractivity contribution in [3.05, 3.63) is 59.8 Å². The first-order valence-corrected chi connectivity index (χ1v) is 11.1. The highest BCUT2D eigenvalue weighted by molar-refractivity contribution is 5.99. The number of aromatic hydroxyl groups is 1. The van der Waals surface area contributed by atoms with E-state index in [9.17, 15) is 19.5 Å². The van der Waals surface area contributed by atoms with E-state index in [1.807, 2.05) is 0 Å². The van der Waals surface area contributed by atoms with Crippen LogP contribution in [0.1, 0.15) is 28.8 Å². The second-order valence-corrected chi connectivity index (χ2v) is 7.97. The number of nitriles is 1. The Morgan fingerprint density at radius 2 is 1.81 bits per heavy atom. The van der Waals surface area contributed by atoms with Crippen LogP contribution in [0.3, 0.4) is 0 Å². The standard InChI is InChI=1S/C21H21N5O2.C4H4O4/c22-12-14-3-5-17-16(11-14)19(21(28)25-17)18-6-4-15(13-24-18)20(27)23-7-10-26-8-1-2-9-26;5-3(6)1-2-4(7)8/h3-6,11,13,25,28H,1-2,7-10H2,(H,23,27);1-2H,(H,5,6)(H,7,8). The first-order chi connectivity index (χ1) is 17.3. The molecule has 1 amide bonds. The fourth-order valence-corrected chi connectivity index (χ4v) is 3.76. The van der Waals surface area contributed by atoms with Crippen LogP contribution in [0.15, 0.2) is 48.7 Å². The molecule has 1 aromatic carbocycles. The van der Waals surface area contributed by atoms with Crippen LogP contribution < -0.4 is 5.32 Å². The van der Waals surface area contributed by atoms with Gasteiger partial charge in [0.2, 0.25) is 0 Å². The fourth-order valence-electron chi connectivity index (χ4n) is 3.76. The number of fused-ring (bicyclic) bond motifs is 1. The van der Waals surface area contributed by atoms with Gasteiger partial charge in [0.15, 0.2) is 5.88 Å². The van der Waals surface area contributed by atoms with Crippen molar-refractivity contribution >= 4 is 28.7 Å². The number of carboxylic acids is 2. The van der Waals surface area contributed by atoms with Crippen LogP contribution in [0.25, 0.3) is 22.2 Å². The van der Waals surface area contributed by atoms with Crippen LogP contribution in [0, 0.1) is 11.3 Å². The number of aliphatic carboxylic acids is 2. The van der Waals surface area contributed by atoms with Crippen LogP contribution in [0.5, 0.6) is 5.88 Å². The molecule has 1 aliphatic rings. The highest BCUT2D eigenvalue weighted by atomic mass is 16.4. The number of benzene rings is 1. The topological polar surface area (TPSA) is 180 Å². The van der Waals surface area contributed by atoms with E-state index in [1.165, 1.54) is 19.0 Å². The number of carboxylic acid groups (broad SMARTS) is 2. The summed E-state index contributed by atoms with van der Waals surface area (Å²) in [5, 5.41) is 38.7. The van der Waals surface area contributed by atoms with E-state index in [1.54, 1.807) is 30.3 Å². The van der Waals surface area contributed by atoms with Gasteiger partial charge in [0.1, 0.15) is 0 Å². The molecule has 4 rings (SSSR count). The van der Waals surface area contributed by atoms with Crippen molar-refractivity contribution in [3.8, 4) is 23.2 Å². The number of nitrogens with zero attached hydrogens (tertiary/aromatic N) is 3. The Balaban J connectivity index is 0.000000392. The van der Waals surface area contributed by atoms with Crippen LogP contribution in [-0.2, 0) is 9.59 Å². The molecular formula is C25H25N5O6. The van der Waals surface area contributed by atoms with Crippen molar-refractivity contribution < 1.29 is 29.7 Å². The number of H-pyrrole nitrogens is 1. The molecule has 0 unspecified atom stereocenters. The zero-order chi connectivity index (χ0) is 26.1. The number of likely N-dealkylation sites (tertiary alicyclic amines) is 1. The molecule has 36 heavy (non-hydrogen) atoms. The van der Waals surface area contributed by atoms with Gasteiger partial charge in [-0.15, -0.1) is 0 Å². The lowest BCUT2D eigenvalue weighted by molar-refractivity contribution is -0.134. The number of carbonyl (C=O) groups excluding carboxylic acids is 1. The van der Waals surface area contributed by atoms with Crippen molar-refractivity contribution in [1.82, 2.24) is 20.2 Å². The SMILES string of the molecule is N#Cc1ccc2[nH]c(O)c(-c3ccc(C(=O)NCCN4CCCC4)cn3)c2c1.O=C(O)C=CC(=O)O. The van der Waals surface area contributed by atoms with E-state index in [-0.39, 0.29) is 11.8 Å². The number of hydrogen-bond donors (Lipinski definition) is 5. The Kier molecular flexibility index (Phi) is 8.74. The summed E-state index contributed by atoms with van der Waals surface area (Å²) < 4.78 is 0. The van der Waals surface area contributed by atoms with E-state index >= 15 is 0 Å². The Bertz CT molecular complexity index is 1300. The smallest absolute Gasteiger partial charge is 0.328 e. The van der Waals surface area contributed by atoms with E-state index < -0.39 is 11.9 Å². The predicted octanol–water partition coefficient (Wildman–Crippen LogP) is 2.34. The van der Waals surface area contributed by atoms with Crippen molar-refractivity contribution in [3.63, 3.8) is 0 Å². The third-order valence-electron chi connectivity index (χ3n) is 5.47. The molecule has 3 aromatic rings. The van der Waals surface area contributed by atoms with E-state index in [2.05, 4.69) is 26.3 Å². The molecule has 11 nitrogen and oxygen atoms in total. The Hall–Kier alpha value is -4.69. The molecule has 0 bridgehead atoms. The number of rotatable bonds is 7. The maximum atomic E-state index is 12.3. The number of nitrogens with one attached hydrogen (secondary N) is 2. The maximum Gasteiger partial charge on any atom is 0.328 e. The summed E-state index contributed by atoms with van der Waals surface area (Å²) in [6.07, 6.45) is 5.09. The Morgan fingerprint density at radius 3 is 2.39 bits per heavy atom. The summed E-state index contributed by atoms with van der Waals surface area (Å²) in [7, 11) is 0. The first kappa shape index (κ1) is 25.9. The molecule has 186 valence electrons. The summed E-state index contributed by atoms with van der Waals surface area (Å²) in [5.41, 5.74) is 2.75. The molecule has 1 saturated heterocycles. The van der Waals surface area contributed by atoms with E-state index in [0.29, 0.717) is 46.5 Å². The molecule has 2 aromatic heterocycles. The molecular weight excluding hydrogens is 466 g/mol. The van der Waals surface area contributed by atoms with Gasteiger partial charge in [0.25, 0.3) is 5.91 Å². The number of carbonyl (C=O) groups is 3. The first-order valence-electron chi connectivity index (χ1n) is 11.1. The molecule has 0 aliphatic carbocycles. The van der Waals surface area contributed by atoms with Crippen molar-refractivity contribution in [2.75, 3.05) is 26.2 Å². The summed E-state index contributed by atoms with van der Waals surface area (Å²) in [6.45, 7) is 3.68. The lowest BCUT2D eigenvalue weighted by Gasteiger charge is -2.14. The van der Waals surface area contributed by atoms with Gasteiger partial charge in [-0.25, -0.2) is 9.59 Å². The van der Waals surface area contributed by atoms with Gasteiger partial charge in [0.05, 0.1) is 28.5 Å². The van der Waals surface area contributed by atoms with E-state index in [0.717, 1.165) is 25.2 Å². The lowest BCUT2D eigenvalue weighted by Crippen LogP contribution is -2.33. The summed E-state index contributed by atoms with van der Waals surface area (Å²) in [5.74, 6) is -2.69. The summed E-state index contributed by atoms with van der Waals surface area (Å²) in [4.78, 5) is 41.0. The predicted molar refractivity (Wildman–Crippen MR) is 130 cm³/mol. The van der Waals surface area contributed by atoms with Gasteiger partial charge in [0, 0.05) is 42.3 Å². The van der Waals surface area contributed by atoms with Gasteiger partial charge >= 0.3 is 11.9 Å². The lowest BCUT2D eigenvalue weighted by atomic mass is 10.1. The van der Waals surface area contributed by atoms with Crippen molar-refractivity contribution in [2.45, 2.75) is 12.8 Å². The van der Waals surface area contributed by atoms with Gasteiger partial charge in [-0.2, -0.15) is 5.26 Å². The van der Waals surface area contributed by atoms with Gasteiger partial charge in [-0.3, -0.25) is 9.78 Å². The van der Waals surface area contributed by atoms with Gasteiger partial charge in [-0.05, 0) is 56.3 Å². The van der Waals surface area contributed by atoms with Crippen LogP contribution in [0.2, 0.25) is 0 Å². The molecule has 0 radical (unpaired) electrons. The fraction of sp³-hybridized carbons (Fsp3) is 0.240. The maximum absolute atomic E-state index is 12.3. The zero-order valence-corrected chi connectivity index (χ0v) is 19.3. The van der Waals surface area contributed by atoms with Gasteiger partial charge < -0.3 is 30.5 Å². The summed E-state index contributed by atoms with van der Waals surface area (Å²) in [6, 6.07) is 10.6. The van der Waals surface area contributed by atoms with E-state index in [4.69, 9.17) is 15.5 Å². The minimum Gasteiger partial charge on any atom is -0.494 e. The van der Waals surface area contributed by atoms with Crippen LogP contribution >= 0.6 is 0 Å². The molecule has 1 aliphatic heterocycles. The van der Waals surface area contributed by atoms with Crippen LogP contribution in [0.4, 0.5) is 0 Å². The largest absolute Gasteiger partial charge is 0.494 e. The van der Waals surface area contributed by atoms with Gasteiger partial charge in [-0.1, -0.05) is 0 Å². The molecule has 0 atom stereocenters. The minimum atomic E-state index is -1.26. The Labute approximate surface area is 206 Å². The minimum absolute atomic E-state index is 0.0135. The third kappa shape index (κ3) is 6.91. The highest BCUT2D eigenvalue weighted by Gasteiger charge is 2.16. The number of pyridine rings is 1. The average molecular weight is 492 g/mol. The Morgan fingerprint density at radius 1 is 1.11 bits per heavy atom. The molecule has 11 heteroatoms. The molecule has 0 saturated carbocycles. The number of aromatic amines is 1. The van der Waals surface area contributed by atoms with Crippen molar-refractivity contribution in [2.24, 2.45) is 0 Å².